The Kier molecular flexibility index (Phi) is 7.11. The second-order valence-electron chi connectivity index (χ2n) is 7.07. The maximum Gasteiger partial charge on any atom is 0.222 e. The molecule has 8 heteroatoms. The second-order valence-corrected chi connectivity index (χ2v) is 8.38. The fourth-order valence-corrected chi connectivity index (χ4v) is 4.22. The summed E-state index contributed by atoms with van der Waals surface area (Å²) >= 11 is 7.75. The molecule has 4 N–H and O–H groups in total. The number of aliphatic hydroxyl groups is 4. The molecule has 0 spiro atoms. The summed E-state index contributed by atoms with van der Waals surface area (Å²) in [5, 5.41) is 42.5. The van der Waals surface area contributed by atoms with Crippen LogP contribution in [0.4, 0.5) is 0 Å². The van der Waals surface area contributed by atoms with E-state index < -0.39 is 30.2 Å². The van der Waals surface area contributed by atoms with Crippen LogP contribution in [0.5, 0.6) is 5.75 Å². The van der Waals surface area contributed by atoms with Gasteiger partial charge in [-0.15, -0.1) is 0 Å². The van der Waals surface area contributed by atoms with Gasteiger partial charge in [0.15, 0.2) is 0 Å². The standard InChI is InChI=1S/C21H25ClO6S/c1-27-15-6-3-12(4-7-15)9-13-10-14(5-8-16(13)22)21(26)20(25)19(24)18(23)17(28-21)11-29-2/h3-8,10,17-20,23-26H,9,11H2,1-2H3/t17-,18-,19+,20-,21-/m1/s1. The zero-order valence-corrected chi connectivity index (χ0v) is 17.7. The largest absolute Gasteiger partial charge is 0.497 e. The SMILES string of the molecule is COc1ccc(Cc2cc([C@@]3(O)O[C@H](CSC)[C@@H](O)[C@H](O)[C@H]3O)ccc2Cl)cc1. The average Bonchev–Trinajstić information content (AvgIpc) is 2.72. The Morgan fingerprint density at radius 1 is 1.10 bits per heavy atom. The summed E-state index contributed by atoms with van der Waals surface area (Å²) in [4.78, 5) is 0. The summed E-state index contributed by atoms with van der Waals surface area (Å²) in [6, 6.07) is 12.3. The first-order valence-electron chi connectivity index (χ1n) is 9.15. The van der Waals surface area contributed by atoms with Crippen molar-refractivity contribution in [3.63, 3.8) is 0 Å². The van der Waals surface area contributed by atoms with Crippen LogP contribution in [0.3, 0.4) is 0 Å². The summed E-state index contributed by atoms with van der Waals surface area (Å²) < 4.78 is 10.9. The van der Waals surface area contributed by atoms with Gasteiger partial charge in [-0.1, -0.05) is 29.8 Å². The molecule has 6 nitrogen and oxygen atoms in total. The molecule has 5 atom stereocenters. The zero-order chi connectivity index (χ0) is 21.2. The molecular weight excluding hydrogens is 416 g/mol. The lowest BCUT2D eigenvalue weighted by Gasteiger charge is -2.46. The molecule has 0 saturated carbocycles. The maximum absolute atomic E-state index is 11.1. The molecular formula is C21H25ClO6S. The van der Waals surface area contributed by atoms with Crippen LogP contribution in [0.2, 0.25) is 5.02 Å². The van der Waals surface area contributed by atoms with E-state index in [4.69, 9.17) is 21.1 Å². The molecule has 29 heavy (non-hydrogen) atoms. The summed E-state index contributed by atoms with van der Waals surface area (Å²) in [5.74, 6) is -1.08. The lowest BCUT2D eigenvalue weighted by molar-refractivity contribution is -0.350. The molecule has 0 aliphatic carbocycles. The number of thioether (sulfide) groups is 1. The van der Waals surface area contributed by atoms with Crippen molar-refractivity contribution in [3.8, 4) is 5.75 Å². The molecule has 0 radical (unpaired) electrons. The summed E-state index contributed by atoms with van der Waals surface area (Å²) in [7, 11) is 1.60. The minimum absolute atomic E-state index is 0.259. The van der Waals surface area contributed by atoms with E-state index in [1.807, 2.05) is 30.5 Å². The van der Waals surface area contributed by atoms with E-state index >= 15 is 0 Å². The van der Waals surface area contributed by atoms with Crippen molar-refractivity contribution in [1.82, 2.24) is 0 Å². The fraction of sp³-hybridized carbons (Fsp3) is 0.429. The predicted molar refractivity (Wildman–Crippen MR) is 112 cm³/mol. The Labute approximate surface area is 179 Å². The Morgan fingerprint density at radius 2 is 1.79 bits per heavy atom. The highest BCUT2D eigenvalue weighted by Gasteiger charge is 2.53. The van der Waals surface area contributed by atoms with Gasteiger partial charge in [0.05, 0.1) is 13.2 Å². The molecule has 1 saturated heterocycles. The number of halogens is 1. The molecule has 1 aliphatic heterocycles. The highest BCUT2D eigenvalue weighted by Crippen LogP contribution is 2.38. The van der Waals surface area contributed by atoms with Crippen LogP contribution in [0.25, 0.3) is 0 Å². The van der Waals surface area contributed by atoms with Gasteiger partial charge in [0.1, 0.15) is 24.1 Å². The van der Waals surface area contributed by atoms with Gasteiger partial charge in [-0.2, -0.15) is 11.8 Å². The molecule has 2 aromatic rings. The van der Waals surface area contributed by atoms with Crippen molar-refractivity contribution < 1.29 is 29.9 Å². The first-order chi connectivity index (χ1) is 13.8. The third-order valence-corrected chi connectivity index (χ3v) is 6.16. The van der Waals surface area contributed by atoms with E-state index in [1.165, 1.54) is 11.8 Å². The minimum atomic E-state index is -2.17. The van der Waals surface area contributed by atoms with Crippen LogP contribution >= 0.6 is 23.4 Å². The summed E-state index contributed by atoms with van der Waals surface area (Å²) in [6.45, 7) is 0. The number of hydrogen-bond acceptors (Lipinski definition) is 7. The Bertz CT molecular complexity index is 832. The highest BCUT2D eigenvalue weighted by atomic mass is 35.5. The first kappa shape index (κ1) is 22.4. The van der Waals surface area contributed by atoms with Crippen LogP contribution in [-0.4, -0.2) is 64.0 Å². The lowest BCUT2D eigenvalue weighted by Crippen LogP contribution is -2.63. The Morgan fingerprint density at radius 3 is 2.41 bits per heavy atom. The first-order valence-corrected chi connectivity index (χ1v) is 10.9. The molecule has 1 fully saturated rings. The minimum Gasteiger partial charge on any atom is -0.497 e. The van der Waals surface area contributed by atoms with Gasteiger partial charge < -0.3 is 29.9 Å². The van der Waals surface area contributed by atoms with Gasteiger partial charge in [0.25, 0.3) is 0 Å². The van der Waals surface area contributed by atoms with E-state index in [0.717, 1.165) is 16.9 Å². The zero-order valence-electron chi connectivity index (χ0n) is 16.2. The van der Waals surface area contributed by atoms with Crippen LogP contribution in [0.15, 0.2) is 42.5 Å². The molecule has 158 valence electrons. The van der Waals surface area contributed by atoms with Gasteiger partial charge in [0.2, 0.25) is 5.79 Å². The average molecular weight is 441 g/mol. The smallest absolute Gasteiger partial charge is 0.222 e. The van der Waals surface area contributed by atoms with Crippen molar-refractivity contribution >= 4 is 23.4 Å². The van der Waals surface area contributed by atoms with E-state index in [9.17, 15) is 20.4 Å². The molecule has 0 amide bonds. The van der Waals surface area contributed by atoms with Gasteiger partial charge in [0, 0.05) is 16.3 Å². The van der Waals surface area contributed by atoms with Crippen LogP contribution in [0.1, 0.15) is 16.7 Å². The maximum atomic E-state index is 11.1. The predicted octanol–water partition coefficient (Wildman–Crippen LogP) is 1.93. The number of ether oxygens (including phenoxy) is 2. The molecule has 1 aliphatic rings. The van der Waals surface area contributed by atoms with Crippen molar-refractivity contribution in [2.75, 3.05) is 19.1 Å². The van der Waals surface area contributed by atoms with Crippen molar-refractivity contribution in [3.05, 3.63) is 64.2 Å². The fourth-order valence-electron chi connectivity index (χ4n) is 3.44. The molecule has 0 bridgehead atoms. The van der Waals surface area contributed by atoms with E-state index in [1.54, 1.807) is 25.3 Å². The Hall–Kier alpha value is -1.32. The summed E-state index contributed by atoms with van der Waals surface area (Å²) in [6.07, 6.45) is -3.10. The van der Waals surface area contributed by atoms with E-state index in [-0.39, 0.29) is 5.56 Å². The van der Waals surface area contributed by atoms with Crippen LogP contribution in [-0.2, 0) is 16.9 Å². The number of benzene rings is 2. The molecule has 2 aromatic carbocycles. The topological polar surface area (TPSA) is 99.4 Å². The quantitative estimate of drug-likeness (QED) is 0.544. The third kappa shape index (κ3) is 4.56. The van der Waals surface area contributed by atoms with Gasteiger partial charge >= 0.3 is 0 Å². The van der Waals surface area contributed by atoms with Crippen LogP contribution < -0.4 is 4.74 Å². The molecule has 0 unspecified atom stereocenters. The van der Waals surface area contributed by atoms with Gasteiger partial charge in [-0.05, 0) is 48.1 Å². The van der Waals surface area contributed by atoms with E-state index in [0.29, 0.717) is 17.2 Å². The molecule has 3 rings (SSSR count). The monoisotopic (exact) mass is 440 g/mol. The normalized spacial score (nSPS) is 29.6. The number of rotatable bonds is 6. The number of hydrogen-bond donors (Lipinski definition) is 4. The second kappa shape index (κ2) is 9.22. The van der Waals surface area contributed by atoms with E-state index in [2.05, 4.69) is 0 Å². The number of methoxy groups -OCH3 is 1. The van der Waals surface area contributed by atoms with Crippen LogP contribution in [0, 0.1) is 0 Å². The van der Waals surface area contributed by atoms with Crippen molar-refractivity contribution in [1.29, 1.82) is 0 Å². The van der Waals surface area contributed by atoms with Gasteiger partial charge in [-0.25, -0.2) is 0 Å². The lowest BCUT2D eigenvalue weighted by atomic mass is 9.87. The summed E-state index contributed by atoms with van der Waals surface area (Å²) in [5.41, 5.74) is 1.97. The third-order valence-electron chi connectivity index (χ3n) is 5.13. The molecule has 1 heterocycles. The Balaban J connectivity index is 1.92. The van der Waals surface area contributed by atoms with Crippen molar-refractivity contribution in [2.24, 2.45) is 0 Å². The number of aliphatic hydroxyl groups excluding tert-OH is 3. The van der Waals surface area contributed by atoms with Gasteiger partial charge in [-0.3, -0.25) is 0 Å². The highest BCUT2D eigenvalue weighted by molar-refractivity contribution is 7.98. The van der Waals surface area contributed by atoms with Crippen molar-refractivity contribution in [2.45, 2.75) is 36.6 Å². The molecule has 0 aromatic heterocycles.